The van der Waals surface area contributed by atoms with Crippen molar-refractivity contribution in [2.75, 3.05) is 44.4 Å². The summed E-state index contributed by atoms with van der Waals surface area (Å²) in [4.78, 5) is 30.7. The minimum Gasteiger partial charge on any atom is -0.353 e. The van der Waals surface area contributed by atoms with Crippen LogP contribution in [-0.2, 0) is 9.59 Å². The Kier molecular flexibility index (Phi) is 8.82. The fourth-order valence-corrected chi connectivity index (χ4v) is 6.56. The van der Waals surface area contributed by atoms with Crippen LogP contribution in [0.3, 0.4) is 0 Å². The Bertz CT molecular complexity index is 1570. The van der Waals surface area contributed by atoms with Crippen molar-refractivity contribution < 1.29 is 9.59 Å². The summed E-state index contributed by atoms with van der Waals surface area (Å²) in [6.07, 6.45) is 0. The van der Waals surface area contributed by atoms with Gasteiger partial charge in [0.15, 0.2) is 0 Å². The lowest BCUT2D eigenvalue weighted by molar-refractivity contribution is -0.122. The molecule has 0 saturated heterocycles. The van der Waals surface area contributed by atoms with Crippen LogP contribution >= 0.6 is 23.4 Å². The van der Waals surface area contributed by atoms with Crippen molar-refractivity contribution in [1.82, 2.24) is 20.0 Å². The summed E-state index contributed by atoms with van der Waals surface area (Å²) in [6.45, 7) is 5.19. The predicted octanol–water partition coefficient (Wildman–Crippen LogP) is 5.66. The van der Waals surface area contributed by atoms with E-state index in [-0.39, 0.29) is 29.4 Å². The van der Waals surface area contributed by atoms with Gasteiger partial charge in [0.1, 0.15) is 12.4 Å². The van der Waals surface area contributed by atoms with E-state index in [0.717, 1.165) is 39.2 Å². The number of fused-ring (bicyclic) bond motifs is 1. The van der Waals surface area contributed by atoms with Crippen LogP contribution in [0.25, 0.3) is 16.9 Å². The molecule has 2 amide bonds. The van der Waals surface area contributed by atoms with E-state index in [1.165, 1.54) is 11.8 Å². The number of benzene rings is 3. The van der Waals surface area contributed by atoms with E-state index in [1.54, 1.807) is 4.90 Å². The van der Waals surface area contributed by atoms with Gasteiger partial charge in [-0.3, -0.25) is 14.5 Å². The van der Waals surface area contributed by atoms with Gasteiger partial charge in [0, 0.05) is 29.2 Å². The number of hydrogen-bond acceptors (Lipinski definition) is 5. The third-order valence-electron chi connectivity index (χ3n) is 7.31. The van der Waals surface area contributed by atoms with E-state index in [1.807, 2.05) is 90.4 Å². The first kappa shape index (κ1) is 28.9. The minimum atomic E-state index is -0.279. The molecule has 41 heavy (non-hydrogen) atoms. The van der Waals surface area contributed by atoms with E-state index >= 15 is 0 Å². The quantitative estimate of drug-likeness (QED) is 0.288. The summed E-state index contributed by atoms with van der Waals surface area (Å²) < 4.78 is 1.85. The van der Waals surface area contributed by atoms with E-state index < -0.39 is 0 Å². The van der Waals surface area contributed by atoms with Crippen LogP contribution in [0, 0.1) is 13.8 Å². The average molecular weight is 588 g/mol. The summed E-state index contributed by atoms with van der Waals surface area (Å²) in [5.41, 5.74) is 6.47. The second-order valence-corrected chi connectivity index (χ2v) is 11.9. The van der Waals surface area contributed by atoms with E-state index in [9.17, 15) is 9.59 Å². The Hall–Kier alpha value is -3.59. The number of anilines is 1. The molecule has 7 nitrogen and oxygen atoms in total. The van der Waals surface area contributed by atoms with Crippen LogP contribution in [0.15, 0.2) is 72.8 Å². The van der Waals surface area contributed by atoms with Crippen molar-refractivity contribution in [3.8, 4) is 16.9 Å². The summed E-state index contributed by atoms with van der Waals surface area (Å²) in [5, 5.41) is 8.50. The summed E-state index contributed by atoms with van der Waals surface area (Å²) in [7, 11) is 3.91. The SMILES string of the molecule is Cc1cccc(-n2nc(-c3ccccc3)c3c2N(CC(=O)NCCN(C)C)C(=O)CSC3c2ccccc2Cl)c1C. The molecule has 2 heterocycles. The van der Waals surface area contributed by atoms with Gasteiger partial charge < -0.3 is 10.2 Å². The number of nitrogens with one attached hydrogen (secondary N) is 1. The number of hydrogen-bond donors (Lipinski definition) is 1. The predicted molar refractivity (Wildman–Crippen MR) is 168 cm³/mol. The van der Waals surface area contributed by atoms with Gasteiger partial charge >= 0.3 is 0 Å². The lowest BCUT2D eigenvalue weighted by Crippen LogP contribution is -2.43. The van der Waals surface area contributed by atoms with Crippen molar-refractivity contribution in [2.24, 2.45) is 0 Å². The monoisotopic (exact) mass is 587 g/mol. The highest BCUT2D eigenvalue weighted by Gasteiger charge is 2.38. The highest BCUT2D eigenvalue weighted by molar-refractivity contribution is 8.00. The van der Waals surface area contributed by atoms with Crippen molar-refractivity contribution in [1.29, 1.82) is 0 Å². The van der Waals surface area contributed by atoms with Gasteiger partial charge in [-0.1, -0.05) is 72.3 Å². The molecule has 1 atom stereocenters. The summed E-state index contributed by atoms with van der Waals surface area (Å²) in [6, 6.07) is 23.8. The number of nitrogens with zero attached hydrogens (tertiary/aromatic N) is 4. The van der Waals surface area contributed by atoms with Gasteiger partial charge in [0.05, 0.1) is 22.4 Å². The number of aromatic nitrogens is 2. The Labute approximate surface area is 250 Å². The molecule has 1 aromatic heterocycles. The van der Waals surface area contributed by atoms with E-state index in [0.29, 0.717) is 23.9 Å². The summed E-state index contributed by atoms with van der Waals surface area (Å²) in [5.74, 6) is 0.415. The van der Waals surface area contributed by atoms with Gasteiger partial charge in [0.2, 0.25) is 11.8 Å². The molecule has 1 aliphatic rings. The molecule has 0 spiro atoms. The van der Waals surface area contributed by atoms with E-state index in [2.05, 4.69) is 25.2 Å². The number of carbonyl (C=O) groups excluding carboxylic acids is 2. The maximum Gasteiger partial charge on any atom is 0.240 e. The topological polar surface area (TPSA) is 70.5 Å². The fourth-order valence-electron chi connectivity index (χ4n) is 5.01. The molecular formula is C32H34ClN5O2S. The lowest BCUT2D eigenvalue weighted by atomic mass is 9.99. The third-order valence-corrected chi connectivity index (χ3v) is 8.89. The number of halogens is 1. The molecule has 9 heteroatoms. The van der Waals surface area contributed by atoms with Crippen LogP contribution in [-0.4, -0.2) is 66.0 Å². The Morgan fingerprint density at radius 2 is 1.78 bits per heavy atom. The molecule has 5 rings (SSSR count). The van der Waals surface area contributed by atoms with E-state index in [4.69, 9.17) is 16.7 Å². The van der Waals surface area contributed by atoms with Gasteiger partial charge in [-0.15, -0.1) is 11.8 Å². The second-order valence-electron chi connectivity index (χ2n) is 10.4. The molecule has 0 fully saturated rings. The normalized spacial score (nSPS) is 15.1. The first-order valence-corrected chi connectivity index (χ1v) is 15.0. The molecule has 0 aliphatic carbocycles. The van der Waals surface area contributed by atoms with Gasteiger partial charge in [-0.05, 0) is 56.8 Å². The highest BCUT2D eigenvalue weighted by atomic mass is 35.5. The van der Waals surface area contributed by atoms with Crippen molar-refractivity contribution >= 4 is 41.0 Å². The van der Waals surface area contributed by atoms with Crippen molar-refractivity contribution in [2.45, 2.75) is 19.1 Å². The molecule has 212 valence electrons. The van der Waals surface area contributed by atoms with Gasteiger partial charge in [-0.25, -0.2) is 4.68 Å². The maximum atomic E-state index is 13.9. The molecule has 0 bridgehead atoms. The Morgan fingerprint density at radius 1 is 1.05 bits per heavy atom. The smallest absolute Gasteiger partial charge is 0.240 e. The van der Waals surface area contributed by atoms with Crippen LogP contribution in [0.5, 0.6) is 0 Å². The molecule has 4 aromatic rings. The standard InChI is InChI=1S/C32H34ClN5O2S/c1-21-11-10-16-26(22(21)2)38-32-29(30(35-38)23-12-6-5-7-13-23)31(24-14-8-9-15-25(24)33)41-20-28(40)37(32)19-27(39)34-17-18-36(3)4/h5-16,31H,17-20H2,1-4H3,(H,34,39). The van der Waals surface area contributed by atoms with Crippen LogP contribution < -0.4 is 10.2 Å². The first-order valence-electron chi connectivity index (χ1n) is 13.6. The first-order chi connectivity index (χ1) is 19.8. The number of thioether (sulfide) groups is 1. The zero-order valence-corrected chi connectivity index (χ0v) is 25.3. The maximum absolute atomic E-state index is 13.9. The Morgan fingerprint density at radius 3 is 2.51 bits per heavy atom. The number of amides is 2. The Balaban J connectivity index is 1.76. The second kappa shape index (κ2) is 12.5. The number of rotatable bonds is 8. The van der Waals surface area contributed by atoms with Crippen LogP contribution in [0.1, 0.15) is 27.5 Å². The van der Waals surface area contributed by atoms with Crippen molar-refractivity contribution in [3.63, 3.8) is 0 Å². The minimum absolute atomic E-state index is 0.111. The average Bonchev–Trinajstić information content (AvgIpc) is 3.28. The number of likely N-dealkylation sites (N-methyl/N-ethyl adjacent to an activating group) is 1. The molecule has 0 radical (unpaired) electrons. The molecular weight excluding hydrogens is 554 g/mol. The van der Waals surface area contributed by atoms with Gasteiger partial charge in [-0.2, -0.15) is 5.10 Å². The molecule has 0 saturated carbocycles. The van der Waals surface area contributed by atoms with Crippen LogP contribution in [0.2, 0.25) is 5.02 Å². The zero-order valence-electron chi connectivity index (χ0n) is 23.7. The number of carbonyl (C=O) groups is 2. The summed E-state index contributed by atoms with van der Waals surface area (Å²) >= 11 is 8.29. The largest absolute Gasteiger partial charge is 0.353 e. The number of aryl methyl sites for hydroxylation is 1. The van der Waals surface area contributed by atoms with Crippen LogP contribution in [0.4, 0.5) is 5.82 Å². The van der Waals surface area contributed by atoms with Gasteiger partial charge in [0.25, 0.3) is 0 Å². The zero-order chi connectivity index (χ0) is 29.1. The molecule has 1 unspecified atom stereocenters. The van der Waals surface area contributed by atoms with Crippen molar-refractivity contribution in [3.05, 3.63) is 100 Å². The third kappa shape index (κ3) is 6.05. The molecule has 3 aromatic carbocycles. The fraction of sp³-hybridized carbons (Fsp3) is 0.281. The molecule has 1 aliphatic heterocycles. The highest BCUT2D eigenvalue weighted by Crippen LogP contribution is 2.50. The molecule has 1 N–H and O–H groups in total. The lowest BCUT2D eigenvalue weighted by Gasteiger charge is -2.24.